The molecular weight excluding hydrogens is 254 g/mol. The molecule has 0 atom stereocenters. The van der Waals surface area contributed by atoms with Crippen molar-refractivity contribution in [3.8, 4) is 5.75 Å². The van der Waals surface area contributed by atoms with E-state index in [1.807, 2.05) is 30.0 Å². The van der Waals surface area contributed by atoms with E-state index in [0.717, 1.165) is 18.8 Å². The number of ether oxygens (including phenoxy) is 1. The Balaban J connectivity index is 2.25. The van der Waals surface area contributed by atoms with Crippen molar-refractivity contribution >= 4 is 23.4 Å². The molecule has 1 N–H and O–H groups in total. The zero-order valence-corrected chi connectivity index (χ0v) is 12.0. The van der Waals surface area contributed by atoms with Crippen molar-refractivity contribution < 1.29 is 4.74 Å². The van der Waals surface area contributed by atoms with Crippen LogP contribution in [0.25, 0.3) is 0 Å². The highest BCUT2D eigenvalue weighted by Gasteiger charge is 2.01. The molecule has 0 saturated heterocycles. The standard InChI is InChI=1S/C13H20ClNOS/c1-3-17-8-4-7-15-10-11-5-6-13(16-2)12(14)9-11/h5-6,9,15H,3-4,7-8,10H2,1-2H3. The van der Waals surface area contributed by atoms with Gasteiger partial charge in [-0.25, -0.2) is 0 Å². The SMILES string of the molecule is CCSCCCNCc1ccc(OC)c(Cl)c1. The third-order valence-electron chi connectivity index (χ3n) is 2.39. The van der Waals surface area contributed by atoms with E-state index < -0.39 is 0 Å². The van der Waals surface area contributed by atoms with E-state index >= 15 is 0 Å². The van der Waals surface area contributed by atoms with E-state index in [4.69, 9.17) is 16.3 Å². The summed E-state index contributed by atoms with van der Waals surface area (Å²) in [7, 11) is 1.63. The van der Waals surface area contributed by atoms with Crippen molar-refractivity contribution in [2.75, 3.05) is 25.2 Å². The van der Waals surface area contributed by atoms with Crippen LogP contribution in [0.4, 0.5) is 0 Å². The maximum atomic E-state index is 6.05. The minimum atomic E-state index is 0.674. The highest BCUT2D eigenvalue weighted by molar-refractivity contribution is 7.99. The Kier molecular flexibility index (Phi) is 7.49. The molecule has 1 aromatic rings. The fourth-order valence-corrected chi connectivity index (χ4v) is 2.41. The average Bonchev–Trinajstić information content (AvgIpc) is 2.34. The quantitative estimate of drug-likeness (QED) is 0.732. The van der Waals surface area contributed by atoms with Crippen LogP contribution in [-0.2, 0) is 6.54 Å². The van der Waals surface area contributed by atoms with Crippen molar-refractivity contribution in [1.29, 1.82) is 0 Å². The van der Waals surface area contributed by atoms with Crippen LogP contribution >= 0.6 is 23.4 Å². The summed E-state index contributed by atoms with van der Waals surface area (Å²) in [5, 5.41) is 4.09. The summed E-state index contributed by atoms with van der Waals surface area (Å²) in [6.07, 6.45) is 1.21. The van der Waals surface area contributed by atoms with Crippen molar-refractivity contribution in [1.82, 2.24) is 5.32 Å². The van der Waals surface area contributed by atoms with Gasteiger partial charge in [-0.05, 0) is 42.2 Å². The Bertz CT molecular complexity index is 333. The second kappa shape index (κ2) is 8.67. The predicted molar refractivity (Wildman–Crippen MR) is 77.3 cm³/mol. The molecule has 1 aromatic carbocycles. The molecule has 0 spiro atoms. The predicted octanol–water partition coefficient (Wildman–Crippen LogP) is 3.58. The summed E-state index contributed by atoms with van der Waals surface area (Å²) >= 11 is 8.04. The van der Waals surface area contributed by atoms with Crippen molar-refractivity contribution in [2.45, 2.75) is 19.9 Å². The summed E-state index contributed by atoms with van der Waals surface area (Å²) in [5.74, 6) is 3.16. The first kappa shape index (κ1) is 14.7. The topological polar surface area (TPSA) is 21.3 Å². The molecule has 0 aliphatic carbocycles. The van der Waals surface area contributed by atoms with E-state index in [2.05, 4.69) is 12.2 Å². The molecule has 1 rings (SSSR count). The maximum Gasteiger partial charge on any atom is 0.137 e. The van der Waals surface area contributed by atoms with Crippen LogP contribution in [0.1, 0.15) is 18.9 Å². The number of hydrogen-bond acceptors (Lipinski definition) is 3. The Morgan fingerprint density at radius 2 is 2.24 bits per heavy atom. The van der Waals surface area contributed by atoms with Gasteiger partial charge in [-0.3, -0.25) is 0 Å². The molecule has 0 aromatic heterocycles. The highest BCUT2D eigenvalue weighted by Crippen LogP contribution is 2.24. The number of nitrogens with one attached hydrogen (secondary N) is 1. The molecule has 0 aliphatic rings. The Hall–Kier alpha value is -0.380. The van der Waals surface area contributed by atoms with E-state index in [1.165, 1.54) is 23.5 Å². The van der Waals surface area contributed by atoms with Crippen LogP contribution < -0.4 is 10.1 Å². The van der Waals surface area contributed by atoms with Gasteiger partial charge < -0.3 is 10.1 Å². The zero-order valence-electron chi connectivity index (χ0n) is 10.5. The molecule has 17 heavy (non-hydrogen) atoms. The summed E-state index contributed by atoms with van der Waals surface area (Å²) in [5.41, 5.74) is 1.19. The number of halogens is 1. The van der Waals surface area contributed by atoms with Crippen molar-refractivity contribution in [3.63, 3.8) is 0 Å². The Labute approximate surface area is 113 Å². The molecule has 0 unspecified atom stereocenters. The lowest BCUT2D eigenvalue weighted by molar-refractivity contribution is 0.415. The van der Waals surface area contributed by atoms with E-state index in [0.29, 0.717) is 5.02 Å². The molecule has 0 bridgehead atoms. The molecule has 0 aliphatic heterocycles. The molecule has 0 fully saturated rings. The van der Waals surface area contributed by atoms with Gasteiger partial charge in [0.05, 0.1) is 12.1 Å². The lowest BCUT2D eigenvalue weighted by Crippen LogP contribution is -2.15. The number of rotatable bonds is 8. The fourth-order valence-electron chi connectivity index (χ4n) is 1.50. The minimum absolute atomic E-state index is 0.674. The summed E-state index contributed by atoms with van der Waals surface area (Å²) in [4.78, 5) is 0. The second-order valence-corrected chi connectivity index (χ2v) is 5.50. The normalized spacial score (nSPS) is 10.5. The van der Waals surface area contributed by atoms with Gasteiger partial charge in [0.1, 0.15) is 5.75 Å². The number of hydrogen-bond donors (Lipinski definition) is 1. The molecule has 2 nitrogen and oxygen atoms in total. The number of methoxy groups -OCH3 is 1. The van der Waals surface area contributed by atoms with Crippen LogP contribution in [0.3, 0.4) is 0 Å². The van der Waals surface area contributed by atoms with Gasteiger partial charge in [-0.15, -0.1) is 0 Å². The first-order chi connectivity index (χ1) is 8.27. The number of thioether (sulfide) groups is 1. The molecular formula is C13H20ClNOS. The van der Waals surface area contributed by atoms with Crippen molar-refractivity contribution in [3.05, 3.63) is 28.8 Å². The average molecular weight is 274 g/mol. The second-order valence-electron chi connectivity index (χ2n) is 3.70. The Morgan fingerprint density at radius 1 is 1.41 bits per heavy atom. The minimum Gasteiger partial charge on any atom is -0.495 e. The number of benzene rings is 1. The summed E-state index contributed by atoms with van der Waals surface area (Å²) in [6.45, 7) is 4.11. The van der Waals surface area contributed by atoms with Gasteiger partial charge in [0.15, 0.2) is 0 Å². The zero-order chi connectivity index (χ0) is 12.5. The third-order valence-corrected chi connectivity index (χ3v) is 3.67. The smallest absolute Gasteiger partial charge is 0.137 e. The molecule has 0 saturated carbocycles. The lowest BCUT2D eigenvalue weighted by atomic mass is 10.2. The Morgan fingerprint density at radius 3 is 2.88 bits per heavy atom. The molecule has 4 heteroatoms. The largest absolute Gasteiger partial charge is 0.495 e. The van der Waals surface area contributed by atoms with Crippen LogP contribution in [-0.4, -0.2) is 25.2 Å². The van der Waals surface area contributed by atoms with Crippen LogP contribution in [0.5, 0.6) is 5.75 Å². The van der Waals surface area contributed by atoms with Crippen LogP contribution in [0.15, 0.2) is 18.2 Å². The molecule has 0 amide bonds. The van der Waals surface area contributed by atoms with Gasteiger partial charge in [0.2, 0.25) is 0 Å². The monoisotopic (exact) mass is 273 g/mol. The van der Waals surface area contributed by atoms with Crippen LogP contribution in [0.2, 0.25) is 5.02 Å². The summed E-state index contributed by atoms with van der Waals surface area (Å²) < 4.78 is 5.11. The maximum absolute atomic E-state index is 6.05. The van der Waals surface area contributed by atoms with Gasteiger partial charge >= 0.3 is 0 Å². The van der Waals surface area contributed by atoms with Gasteiger partial charge in [-0.2, -0.15) is 11.8 Å². The van der Waals surface area contributed by atoms with Gasteiger partial charge in [0.25, 0.3) is 0 Å². The molecule has 0 radical (unpaired) electrons. The van der Waals surface area contributed by atoms with Gasteiger partial charge in [0, 0.05) is 6.54 Å². The summed E-state index contributed by atoms with van der Waals surface area (Å²) in [6, 6.07) is 5.90. The van der Waals surface area contributed by atoms with E-state index in [1.54, 1.807) is 7.11 Å². The van der Waals surface area contributed by atoms with Gasteiger partial charge in [-0.1, -0.05) is 24.6 Å². The van der Waals surface area contributed by atoms with E-state index in [-0.39, 0.29) is 0 Å². The van der Waals surface area contributed by atoms with Crippen LogP contribution in [0, 0.1) is 0 Å². The van der Waals surface area contributed by atoms with Crippen molar-refractivity contribution in [2.24, 2.45) is 0 Å². The first-order valence-electron chi connectivity index (χ1n) is 5.88. The molecule has 0 heterocycles. The fraction of sp³-hybridized carbons (Fsp3) is 0.538. The first-order valence-corrected chi connectivity index (χ1v) is 7.42. The van der Waals surface area contributed by atoms with E-state index in [9.17, 15) is 0 Å². The molecule has 96 valence electrons. The third kappa shape index (κ3) is 5.66. The highest BCUT2D eigenvalue weighted by atomic mass is 35.5. The lowest BCUT2D eigenvalue weighted by Gasteiger charge is -2.07.